The highest BCUT2D eigenvalue weighted by Crippen LogP contribution is 2.50. The van der Waals surface area contributed by atoms with E-state index in [0.29, 0.717) is 12.2 Å². The predicted molar refractivity (Wildman–Crippen MR) is 96.6 cm³/mol. The van der Waals surface area contributed by atoms with Crippen molar-refractivity contribution < 1.29 is 4.74 Å². The van der Waals surface area contributed by atoms with Gasteiger partial charge in [-0.2, -0.15) is 0 Å². The Labute approximate surface area is 142 Å². The van der Waals surface area contributed by atoms with E-state index in [1.165, 1.54) is 103 Å². The lowest BCUT2D eigenvalue weighted by molar-refractivity contribution is 0.114. The van der Waals surface area contributed by atoms with Gasteiger partial charge >= 0.3 is 0 Å². The maximum Gasteiger partial charge on any atom is 0.102 e. The third kappa shape index (κ3) is 3.31. The van der Waals surface area contributed by atoms with E-state index < -0.39 is 0 Å². The van der Waals surface area contributed by atoms with E-state index in [1.807, 2.05) is 0 Å². The monoisotopic (exact) mass is 314 g/mol. The molecule has 0 aromatic heterocycles. The number of rotatable bonds is 0. The van der Waals surface area contributed by atoms with Crippen LogP contribution < -0.4 is 0 Å². The summed E-state index contributed by atoms with van der Waals surface area (Å²) in [5, 5.41) is 0. The second-order valence-corrected chi connectivity index (χ2v) is 8.24. The minimum Gasteiger partial charge on any atom is -0.357 e. The maximum atomic E-state index is 6.58. The number of hydrogen-bond acceptors (Lipinski definition) is 1. The molecule has 0 aromatic carbocycles. The number of fused-ring (bicyclic) bond motifs is 6. The molecule has 2 bridgehead atoms. The quantitative estimate of drug-likeness (QED) is 0.456. The first-order valence-corrected chi connectivity index (χ1v) is 10.5. The molecule has 2 atom stereocenters. The maximum absolute atomic E-state index is 6.58. The molecule has 0 fully saturated rings. The Bertz CT molecular complexity index is 442. The fourth-order valence-corrected chi connectivity index (χ4v) is 5.40. The molecule has 0 aromatic rings. The summed E-state index contributed by atoms with van der Waals surface area (Å²) in [7, 11) is 0. The van der Waals surface area contributed by atoms with Crippen LogP contribution in [0.25, 0.3) is 0 Å². The molecule has 23 heavy (non-hydrogen) atoms. The zero-order valence-electron chi connectivity index (χ0n) is 14.9. The lowest BCUT2D eigenvalue weighted by Gasteiger charge is -2.25. The van der Waals surface area contributed by atoms with Gasteiger partial charge in [-0.15, -0.1) is 0 Å². The van der Waals surface area contributed by atoms with Crippen molar-refractivity contribution in [2.75, 3.05) is 0 Å². The van der Waals surface area contributed by atoms with Crippen LogP contribution in [0.2, 0.25) is 0 Å². The second kappa shape index (κ2) is 7.55. The molecule has 4 aliphatic rings. The van der Waals surface area contributed by atoms with E-state index in [1.54, 1.807) is 22.3 Å². The molecule has 0 radical (unpaired) electrons. The van der Waals surface area contributed by atoms with Gasteiger partial charge in [0.1, 0.15) is 12.2 Å². The van der Waals surface area contributed by atoms with E-state index in [-0.39, 0.29) is 0 Å². The van der Waals surface area contributed by atoms with Gasteiger partial charge in [-0.1, -0.05) is 51.4 Å². The third-order valence-electron chi connectivity index (χ3n) is 6.65. The van der Waals surface area contributed by atoms with Gasteiger partial charge in [0.05, 0.1) is 0 Å². The lowest BCUT2D eigenvalue weighted by atomic mass is 9.77. The molecule has 128 valence electrons. The first-order valence-electron chi connectivity index (χ1n) is 10.5. The third-order valence-corrected chi connectivity index (χ3v) is 6.65. The normalized spacial score (nSPS) is 33.4. The fourth-order valence-electron chi connectivity index (χ4n) is 5.40. The average molecular weight is 315 g/mol. The Kier molecular flexibility index (Phi) is 5.23. The van der Waals surface area contributed by atoms with Gasteiger partial charge in [-0.05, 0) is 73.7 Å². The SMILES string of the molecule is C1CCCCCC2=C(CCCC1)C1OC2C2=C1CCCCCC2. The van der Waals surface area contributed by atoms with E-state index in [0.717, 1.165) is 0 Å². The molecule has 2 aliphatic carbocycles. The summed E-state index contributed by atoms with van der Waals surface area (Å²) in [6.45, 7) is 0. The Morgan fingerprint density at radius 2 is 0.652 bits per heavy atom. The van der Waals surface area contributed by atoms with Crippen molar-refractivity contribution in [3.63, 3.8) is 0 Å². The van der Waals surface area contributed by atoms with Crippen molar-refractivity contribution in [1.82, 2.24) is 0 Å². The van der Waals surface area contributed by atoms with Crippen molar-refractivity contribution in [2.24, 2.45) is 0 Å². The molecule has 2 unspecified atom stereocenters. The van der Waals surface area contributed by atoms with Gasteiger partial charge in [0.25, 0.3) is 0 Å². The van der Waals surface area contributed by atoms with Gasteiger partial charge in [0.2, 0.25) is 0 Å². The second-order valence-electron chi connectivity index (χ2n) is 8.24. The molecule has 4 rings (SSSR count). The van der Waals surface area contributed by atoms with Crippen LogP contribution in [0.15, 0.2) is 22.3 Å². The zero-order chi connectivity index (χ0) is 15.5. The van der Waals surface area contributed by atoms with E-state index >= 15 is 0 Å². The molecule has 1 heteroatoms. The van der Waals surface area contributed by atoms with Crippen molar-refractivity contribution in [3.8, 4) is 0 Å². The molecular formula is C22H34O. The lowest BCUT2D eigenvalue weighted by Crippen LogP contribution is -2.16. The molecular weight excluding hydrogens is 280 g/mol. The Balaban J connectivity index is 1.54. The van der Waals surface area contributed by atoms with Gasteiger partial charge in [0, 0.05) is 0 Å². The van der Waals surface area contributed by atoms with E-state index in [4.69, 9.17) is 4.74 Å². The number of ether oxygens (including phenoxy) is 1. The Hall–Kier alpha value is -0.560. The van der Waals surface area contributed by atoms with Crippen molar-refractivity contribution in [2.45, 2.75) is 115 Å². The van der Waals surface area contributed by atoms with Gasteiger partial charge in [-0.25, -0.2) is 0 Å². The van der Waals surface area contributed by atoms with Crippen LogP contribution in [-0.4, -0.2) is 12.2 Å². The zero-order valence-corrected chi connectivity index (χ0v) is 14.9. The summed E-state index contributed by atoms with van der Waals surface area (Å²) < 4.78 is 6.58. The van der Waals surface area contributed by atoms with Gasteiger partial charge in [-0.3, -0.25) is 0 Å². The highest BCUT2D eigenvalue weighted by Gasteiger charge is 2.44. The van der Waals surface area contributed by atoms with E-state index in [2.05, 4.69) is 0 Å². The summed E-state index contributed by atoms with van der Waals surface area (Å²) in [4.78, 5) is 0. The summed E-state index contributed by atoms with van der Waals surface area (Å²) in [6, 6.07) is 0. The Morgan fingerprint density at radius 3 is 0.957 bits per heavy atom. The highest BCUT2D eigenvalue weighted by molar-refractivity contribution is 5.49. The molecule has 0 amide bonds. The first-order chi connectivity index (χ1) is 11.4. The molecule has 1 nitrogen and oxygen atoms in total. The molecule has 0 saturated carbocycles. The summed E-state index contributed by atoms with van der Waals surface area (Å²) >= 11 is 0. The largest absolute Gasteiger partial charge is 0.357 e. The van der Waals surface area contributed by atoms with E-state index in [9.17, 15) is 0 Å². The smallest absolute Gasteiger partial charge is 0.102 e. The minimum atomic E-state index is 0.422. The fraction of sp³-hybridized carbons (Fsp3) is 0.818. The van der Waals surface area contributed by atoms with Crippen LogP contribution in [0, 0.1) is 0 Å². The van der Waals surface area contributed by atoms with Crippen molar-refractivity contribution >= 4 is 0 Å². The van der Waals surface area contributed by atoms with Crippen LogP contribution in [0.3, 0.4) is 0 Å². The van der Waals surface area contributed by atoms with Crippen molar-refractivity contribution in [3.05, 3.63) is 22.3 Å². The van der Waals surface area contributed by atoms with Crippen LogP contribution >= 0.6 is 0 Å². The first kappa shape index (κ1) is 15.9. The van der Waals surface area contributed by atoms with Gasteiger partial charge < -0.3 is 4.74 Å². The number of hydrogen-bond donors (Lipinski definition) is 0. The topological polar surface area (TPSA) is 9.23 Å². The van der Waals surface area contributed by atoms with Crippen LogP contribution in [-0.2, 0) is 4.74 Å². The molecule has 0 saturated heterocycles. The summed E-state index contributed by atoms with van der Waals surface area (Å²) in [6.07, 6.45) is 23.3. The minimum absolute atomic E-state index is 0.422. The average Bonchev–Trinajstić information content (AvgIpc) is 3.01. The van der Waals surface area contributed by atoms with Gasteiger partial charge in [0.15, 0.2) is 0 Å². The molecule has 2 heterocycles. The van der Waals surface area contributed by atoms with Crippen LogP contribution in [0.1, 0.15) is 103 Å². The van der Waals surface area contributed by atoms with Crippen LogP contribution in [0.5, 0.6) is 0 Å². The predicted octanol–water partition coefficient (Wildman–Crippen LogP) is 6.63. The Morgan fingerprint density at radius 1 is 0.391 bits per heavy atom. The molecule has 0 N–H and O–H groups in total. The summed E-state index contributed by atoms with van der Waals surface area (Å²) in [5.41, 5.74) is 6.96. The van der Waals surface area contributed by atoms with Crippen LogP contribution in [0.4, 0.5) is 0 Å². The standard InChI is InChI=1S/C22H34O/c1-2-4-6-10-14-18-17(13-9-5-3-1)21-19-15-11-7-8-12-16-20(19)22(18)23-21/h21-22H,1-16H2. The summed E-state index contributed by atoms with van der Waals surface area (Å²) in [5.74, 6) is 0. The molecule has 0 spiro atoms. The molecule has 2 aliphatic heterocycles. The van der Waals surface area contributed by atoms with Crippen molar-refractivity contribution in [1.29, 1.82) is 0 Å². The highest BCUT2D eigenvalue weighted by atomic mass is 16.5.